The molecule has 3 heterocycles. The Balaban J connectivity index is 1.35. The van der Waals surface area contributed by atoms with Crippen LogP contribution in [-0.2, 0) is 0 Å². The molecule has 3 aliphatic carbocycles. The van der Waals surface area contributed by atoms with Crippen LogP contribution in [0.5, 0.6) is 0 Å². The third-order valence-corrected chi connectivity index (χ3v) is 8.49. The maximum absolute atomic E-state index is 9.61. The van der Waals surface area contributed by atoms with Crippen molar-refractivity contribution in [2.45, 2.75) is 63.8 Å². The summed E-state index contributed by atoms with van der Waals surface area (Å²) in [6.07, 6.45) is 9.54. The molecule has 0 bridgehead atoms. The van der Waals surface area contributed by atoms with E-state index in [1.54, 1.807) is 11.3 Å². The third kappa shape index (κ3) is 4.29. The molecule has 7 nitrogen and oxygen atoms in total. The third-order valence-electron chi connectivity index (χ3n) is 7.45. The van der Waals surface area contributed by atoms with E-state index in [2.05, 4.69) is 35.2 Å². The topological polar surface area (TPSA) is 95.9 Å². The molecule has 0 spiro atoms. The van der Waals surface area contributed by atoms with Gasteiger partial charge in [-0.25, -0.2) is 9.97 Å². The van der Waals surface area contributed by atoms with Gasteiger partial charge in [-0.05, 0) is 69.8 Å². The minimum Gasteiger partial charge on any atom is -0.396 e. The zero-order valence-electron chi connectivity index (χ0n) is 19.7. The number of nitrogens with zero attached hydrogens (tertiary/aromatic N) is 4. The van der Waals surface area contributed by atoms with Gasteiger partial charge in [0.1, 0.15) is 16.3 Å². The number of hydrogen-bond acceptors (Lipinski definition) is 8. The summed E-state index contributed by atoms with van der Waals surface area (Å²) in [4.78, 5) is 19.5. The number of aryl methyl sites for hydroxylation is 1. The Morgan fingerprint density at radius 3 is 2.71 bits per heavy atom. The molecule has 3 saturated carbocycles. The van der Waals surface area contributed by atoms with Crippen molar-refractivity contribution in [2.24, 2.45) is 11.8 Å². The predicted octanol–water partition coefficient (Wildman–Crippen LogP) is 5.29. The highest BCUT2D eigenvalue weighted by Crippen LogP contribution is 2.44. The van der Waals surface area contributed by atoms with Gasteiger partial charge in [0.25, 0.3) is 0 Å². The lowest BCUT2D eigenvalue weighted by molar-refractivity contribution is 0.229. The first-order chi connectivity index (χ1) is 16.6. The molecule has 0 saturated heterocycles. The first-order valence-electron chi connectivity index (χ1n) is 12.5. The lowest BCUT2D eigenvalue weighted by atomic mass is 9.81. The monoisotopic (exact) mass is 476 g/mol. The number of anilines is 2. The van der Waals surface area contributed by atoms with E-state index in [1.807, 2.05) is 6.20 Å². The Morgan fingerprint density at radius 1 is 1.12 bits per heavy atom. The van der Waals surface area contributed by atoms with Gasteiger partial charge < -0.3 is 15.7 Å². The van der Waals surface area contributed by atoms with Crippen LogP contribution in [0.15, 0.2) is 24.4 Å². The predicted molar refractivity (Wildman–Crippen MR) is 137 cm³/mol. The van der Waals surface area contributed by atoms with Gasteiger partial charge in [-0.3, -0.25) is 4.98 Å². The van der Waals surface area contributed by atoms with E-state index in [-0.39, 0.29) is 6.61 Å². The van der Waals surface area contributed by atoms with Crippen LogP contribution >= 0.6 is 11.3 Å². The van der Waals surface area contributed by atoms with Gasteiger partial charge in [0.2, 0.25) is 5.95 Å². The first-order valence-corrected chi connectivity index (χ1v) is 13.3. The van der Waals surface area contributed by atoms with E-state index >= 15 is 0 Å². The molecule has 34 heavy (non-hydrogen) atoms. The van der Waals surface area contributed by atoms with Crippen LogP contribution in [0.2, 0.25) is 0 Å². The van der Waals surface area contributed by atoms with E-state index < -0.39 is 0 Å². The van der Waals surface area contributed by atoms with Crippen LogP contribution in [0.1, 0.15) is 62.3 Å². The lowest BCUT2D eigenvalue weighted by Crippen LogP contribution is -2.24. The smallest absolute Gasteiger partial charge is 0.224 e. The quantitative estimate of drug-likeness (QED) is 0.380. The summed E-state index contributed by atoms with van der Waals surface area (Å²) >= 11 is 1.70. The Morgan fingerprint density at radius 2 is 1.97 bits per heavy atom. The summed E-state index contributed by atoms with van der Waals surface area (Å²) in [5.74, 6) is 3.04. The number of rotatable bonds is 8. The molecule has 2 atom stereocenters. The molecule has 3 aromatic heterocycles. The summed E-state index contributed by atoms with van der Waals surface area (Å²) in [5, 5.41) is 17.7. The number of aliphatic hydroxyl groups is 1. The van der Waals surface area contributed by atoms with Gasteiger partial charge in [-0.2, -0.15) is 4.98 Å². The zero-order valence-corrected chi connectivity index (χ0v) is 20.5. The summed E-state index contributed by atoms with van der Waals surface area (Å²) < 4.78 is 1.17. The molecule has 3 N–H and O–H groups in total. The minimum atomic E-state index is 0.252. The summed E-state index contributed by atoms with van der Waals surface area (Å²) in [7, 11) is 0. The van der Waals surface area contributed by atoms with Crippen molar-refractivity contribution in [1.82, 2.24) is 19.9 Å². The number of nitrogens with one attached hydrogen (secondary N) is 2. The summed E-state index contributed by atoms with van der Waals surface area (Å²) in [6, 6.07) is 2.36. The molecular formula is C26H32N6OS. The van der Waals surface area contributed by atoms with E-state index in [0.29, 0.717) is 29.7 Å². The SMILES string of the molecule is C=C1CC(CNc2nc(C)c(-c3nc4c(C5CC5)nccc4s3)c(N[C@H]3CC[C@@H](CO)C3)n2)C1. The highest BCUT2D eigenvalue weighted by atomic mass is 32.1. The van der Waals surface area contributed by atoms with Crippen LogP contribution in [0.3, 0.4) is 0 Å². The molecule has 0 amide bonds. The Kier molecular flexibility index (Phi) is 5.73. The number of aromatic nitrogens is 4. The molecule has 0 aromatic carbocycles. The number of pyridine rings is 1. The molecule has 8 heteroatoms. The molecule has 3 fully saturated rings. The Bertz CT molecular complexity index is 1230. The number of fused-ring (bicyclic) bond motifs is 1. The van der Waals surface area contributed by atoms with E-state index in [9.17, 15) is 5.11 Å². The number of thiazole rings is 1. The average Bonchev–Trinajstić information content (AvgIpc) is 3.39. The molecule has 0 aliphatic heterocycles. The maximum Gasteiger partial charge on any atom is 0.224 e. The van der Waals surface area contributed by atoms with Crippen molar-refractivity contribution in [3.8, 4) is 10.6 Å². The van der Waals surface area contributed by atoms with Crippen LogP contribution in [-0.4, -0.2) is 44.2 Å². The Hall–Kier alpha value is -2.58. The van der Waals surface area contributed by atoms with Crippen molar-refractivity contribution in [2.75, 3.05) is 23.8 Å². The van der Waals surface area contributed by atoms with Crippen LogP contribution < -0.4 is 10.6 Å². The van der Waals surface area contributed by atoms with Crippen molar-refractivity contribution >= 4 is 33.3 Å². The number of aliphatic hydroxyl groups excluding tert-OH is 1. The van der Waals surface area contributed by atoms with Crippen molar-refractivity contribution in [1.29, 1.82) is 0 Å². The fraction of sp³-hybridized carbons (Fsp3) is 0.538. The molecule has 0 radical (unpaired) electrons. The maximum atomic E-state index is 9.61. The average molecular weight is 477 g/mol. The van der Waals surface area contributed by atoms with Crippen LogP contribution in [0.4, 0.5) is 11.8 Å². The van der Waals surface area contributed by atoms with Gasteiger partial charge in [-0.1, -0.05) is 12.2 Å². The molecule has 3 aromatic rings. The van der Waals surface area contributed by atoms with Gasteiger partial charge in [-0.15, -0.1) is 11.3 Å². The summed E-state index contributed by atoms with van der Waals surface area (Å²) in [6.45, 7) is 7.22. The van der Waals surface area contributed by atoms with Gasteiger partial charge in [0, 0.05) is 31.3 Å². The van der Waals surface area contributed by atoms with Gasteiger partial charge >= 0.3 is 0 Å². The normalized spacial score (nSPS) is 22.8. The second kappa shape index (κ2) is 8.89. The van der Waals surface area contributed by atoms with Crippen LogP contribution in [0.25, 0.3) is 20.8 Å². The van der Waals surface area contributed by atoms with E-state index in [1.165, 1.54) is 23.1 Å². The number of allylic oxidation sites excluding steroid dienone is 1. The standard InChI is InChI=1S/C26H32N6OS/c1-14-9-17(10-14)12-28-26-29-15(2)21(24(32-26)30-19-6-3-16(11-19)13-33)25-31-23-20(34-25)7-8-27-22(23)18-4-5-18/h7-8,16-19,33H,1,3-6,9-13H2,2H3,(H2,28,29,30,32)/t16-,19+/m1/s1. The second-order valence-electron chi connectivity index (χ2n) is 10.3. The molecule has 6 rings (SSSR count). The summed E-state index contributed by atoms with van der Waals surface area (Å²) in [5.41, 5.74) is 5.41. The highest BCUT2D eigenvalue weighted by Gasteiger charge is 2.30. The van der Waals surface area contributed by atoms with Crippen molar-refractivity contribution in [3.63, 3.8) is 0 Å². The van der Waals surface area contributed by atoms with Crippen molar-refractivity contribution in [3.05, 3.63) is 35.8 Å². The van der Waals surface area contributed by atoms with Crippen molar-refractivity contribution < 1.29 is 5.11 Å². The largest absolute Gasteiger partial charge is 0.396 e. The van der Waals surface area contributed by atoms with Crippen LogP contribution in [0, 0.1) is 18.8 Å². The lowest BCUT2D eigenvalue weighted by Gasteiger charge is -2.28. The fourth-order valence-corrected chi connectivity index (χ4v) is 6.42. The first kappa shape index (κ1) is 21.9. The van der Waals surface area contributed by atoms with E-state index in [4.69, 9.17) is 15.0 Å². The number of hydrogen-bond donors (Lipinski definition) is 3. The minimum absolute atomic E-state index is 0.252. The molecule has 178 valence electrons. The Labute approximate surface area is 204 Å². The van der Waals surface area contributed by atoms with E-state index in [0.717, 1.165) is 71.9 Å². The molecule has 3 aliphatic rings. The fourth-order valence-electron chi connectivity index (χ4n) is 5.35. The molecular weight excluding hydrogens is 444 g/mol. The van der Waals surface area contributed by atoms with Gasteiger partial charge in [0.15, 0.2) is 0 Å². The zero-order chi connectivity index (χ0) is 23.2. The van der Waals surface area contributed by atoms with Gasteiger partial charge in [0.05, 0.1) is 21.7 Å². The molecule has 0 unspecified atom stereocenters. The second-order valence-corrected chi connectivity index (χ2v) is 11.3. The highest BCUT2D eigenvalue weighted by molar-refractivity contribution is 7.21.